The quantitative estimate of drug-likeness (QED) is 0.755. The first-order chi connectivity index (χ1) is 11.8. The molecule has 2 N–H and O–H groups in total. The van der Waals surface area contributed by atoms with Crippen LogP contribution in [0.2, 0.25) is 0 Å². The average Bonchev–Trinajstić information content (AvgIpc) is 3.27. The molecule has 1 amide bonds. The Labute approximate surface area is 139 Å². The van der Waals surface area contributed by atoms with Crippen molar-refractivity contribution in [1.82, 2.24) is 14.9 Å². The number of carbonyl (C=O) groups is 1. The molecule has 24 heavy (non-hydrogen) atoms. The molecule has 0 aliphatic carbocycles. The van der Waals surface area contributed by atoms with Crippen molar-refractivity contribution in [3.05, 3.63) is 59.5 Å². The van der Waals surface area contributed by atoms with Gasteiger partial charge in [0, 0.05) is 24.0 Å². The number of carbonyl (C=O) groups excluding carboxylic acids is 1. The molecular formula is C19H18N4O. The Morgan fingerprint density at radius 2 is 2.12 bits per heavy atom. The van der Waals surface area contributed by atoms with Gasteiger partial charge in [-0.3, -0.25) is 4.79 Å². The molecule has 1 atom stereocenters. The number of para-hydroxylation sites is 1. The standard InChI is InChI=1S/C19H18N4O/c20-11-13-9-17(21-12-13)19(24)23-8-4-3-7-18(23)16-10-14-5-1-2-6-15(14)22-16/h1-2,5-6,9-10,12,18,21-22H,3-4,7-8H2/t18-/m1/s1. The number of aromatic nitrogens is 2. The van der Waals surface area contributed by atoms with Crippen LogP contribution < -0.4 is 0 Å². The molecule has 5 heteroatoms. The Balaban J connectivity index is 1.67. The Morgan fingerprint density at radius 3 is 2.92 bits per heavy atom. The van der Waals surface area contributed by atoms with Crippen LogP contribution in [-0.4, -0.2) is 27.3 Å². The van der Waals surface area contributed by atoms with Gasteiger partial charge < -0.3 is 14.9 Å². The molecule has 1 fully saturated rings. The lowest BCUT2D eigenvalue weighted by Crippen LogP contribution is -2.38. The maximum Gasteiger partial charge on any atom is 0.270 e. The molecule has 2 aromatic heterocycles. The van der Waals surface area contributed by atoms with Gasteiger partial charge in [-0.25, -0.2) is 0 Å². The third-order valence-corrected chi connectivity index (χ3v) is 4.72. The normalized spacial score (nSPS) is 17.8. The number of nitrogens with one attached hydrogen (secondary N) is 2. The highest BCUT2D eigenvalue weighted by atomic mass is 16.2. The Bertz CT molecular complexity index is 897. The first-order valence-electron chi connectivity index (χ1n) is 8.23. The summed E-state index contributed by atoms with van der Waals surface area (Å²) in [6, 6.07) is 14.0. The molecule has 0 unspecified atom stereocenters. The van der Waals surface area contributed by atoms with E-state index in [-0.39, 0.29) is 11.9 Å². The number of rotatable bonds is 2. The minimum Gasteiger partial charge on any atom is -0.357 e. The van der Waals surface area contributed by atoms with E-state index in [9.17, 15) is 4.79 Å². The number of likely N-dealkylation sites (tertiary alicyclic amines) is 1. The number of fused-ring (bicyclic) bond motifs is 1. The van der Waals surface area contributed by atoms with E-state index < -0.39 is 0 Å². The SMILES string of the molecule is N#Cc1c[nH]c(C(=O)N2CCCC[C@@H]2c2cc3ccccc3[nH]2)c1. The van der Waals surface area contributed by atoms with Gasteiger partial charge in [-0.2, -0.15) is 5.26 Å². The number of nitrogens with zero attached hydrogens (tertiary/aromatic N) is 2. The van der Waals surface area contributed by atoms with Gasteiger partial charge in [-0.05, 0) is 42.8 Å². The van der Waals surface area contributed by atoms with Crippen LogP contribution in [0.4, 0.5) is 0 Å². The lowest BCUT2D eigenvalue weighted by molar-refractivity contribution is 0.0601. The van der Waals surface area contributed by atoms with Gasteiger partial charge in [0.05, 0.1) is 11.6 Å². The molecule has 3 aromatic rings. The number of nitriles is 1. The summed E-state index contributed by atoms with van der Waals surface area (Å²) in [5, 5.41) is 10.1. The Kier molecular flexibility index (Phi) is 3.58. The summed E-state index contributed by atoms with van der Waals surface area (Å²) in [5.41, 5.74) is 3.14. The van der Waals surface area contributed by atoms with Crippen LogP contribution in [-0.2, 0) is 0 Å². The van der Waals surface area contributed by atoms with Crippen molar-refractivity contribution in [3.8, 4) is 6.07 Å². The van der Waals surface area contributed by atoms with Crippen molar-refractivity contribution in [1.29, 1.82) is 5.26 Å². The fourth-order valence-corrected chi connectivity index (χ4v) is 3.51. The monoisotopic (exact) mass is 318 g/mol. The van der Waals surface area contributed by atoms with E-state index in [4.69, 9.17) is 5.26 Å². The van der Waals surface area contributed by atoms with E-state index >= 15 is 0 Å². The van der Waals surface area contributed by atoms with Crippen molar-refractivity contribution >= 4 is 16.8 Å². The van der Waals surface area contributed by atoms with E-state index in [1.54, 1.807) is 12.3 Å². The van der Waals surface area contributed by atoms with Crippen molar-refractivity contribution < 1.29 is 4.79 Å². The van der Waals surface area contributed by atoms with Gasteiger partial charge in [-0.15, -0.1) is 0 Å². The molecule has 1 saturated heterocycles. The predicted molar refractivity (Wildman–Crippen MR) is 91.4 cm³/mol. The second kappa shape index (κ2) is 5.89. The van der Waals surface area contributed by atoms with Crippen molar-refractivity contribution in [3.63, 3.8) is 0 Å². The summed E-state index contributed by atoms with van der Waals surface area (Å²) in [5.74, 6) is -0.0418. The van der Waals surface area contributed by atoms with E-state index in [2.05, 4.69) is 34.2 Å². The number of benzene rings is 1. The third kappa shape index (κ3) is 2.46. The summed E-state index contributed by atoms with van der Waals surface area (Å²) in [4.78, 5) is 21.2. The highest BCUT2D eigenvalue weighted by Gasteiger charge is 2.30. The molecule has 120 valence electrons. The van der Waals surface area contributed by atoms with Gasteiger partial charge in [-0.1, -0.05) is 18.2 Å². The molecule has 3 heterocycles. The first-order valence-corrected chi connectivity index (χ1v) is 8.23. The maximum atomic E-state index is 12.9. The first kappa shape index (κ1) is 14.6. The molecule has 0 bridgehead atoms. The number of hydrogen-bond donors (Lipinski definition) is 2. The highest BCUT2D eigenvalue weighted by Crippen LogP contribution is 2.33. The van der Waals surface area contributed by atoms with Crippen LogP contribution in [0.25, 0.3) is 10.9 Å². The number of amides is 1. The number of aromatic amines is 2. The highest BCUT2D eigenvalue weighted by molar-refractivity contribution is 5.93. The summed E-state index contributed by atoms with van der Waals surface area (Å²) >= 11 is 0. The zero-order valence-electron chi connectivity index (χ0n) is 13.2. The average molecular weight is 318 g/mol. The fraction of sp³-hybridized carbons (Fsp3) is 0.263. The number of piperidine rings is 1. The van der Waals surface area contributed by atoms with Gasteiger partial charge >= 0.3 is 0 Å². The number of H-pyrrole nitrogens is 2. The summed E-state index contributed by atoms with van der Waals surface area (Å²) in [7, 11) is 0. The molecule has 1 aliphatic rings. The van der Waals surface area contributed by atoms with Crippen LogP contribution >= 0.6 is 0 Å². The minimum atomic E-state index is -0.0418. The number of hydrogen-bond acceptors (Lipinski definition) is 2. The van der Waals surface area contributed by atoms with Crippen LogP contribution in [0.15, 0.2) is 42.6 Å². The summed E-state index contributed by atoms with van der Waals surface area (Å²) < 4.78 is 0. The topological polar surface area (TPSA) is 75.7 Å². The van der Waals surface area contributed by atoms with E-state index in [0.29, 0.717) is 11.3 Å². The summed E-state index contributed by atoms with van der Waals surface area (Å²) in [6.45, 7) is 0.736. The van der Waals surface area contributed by atoms with Crippen molar-refractivity contribution in [2.45, 2.75) is 25.3 Å². The van der Waals surface area contributed by atoms with Gasteiger partial charge in [0.1, 0.15) is 11.8 Å². The Morgan fingerprint density at radius 1 is 1.25 bits per heavy atom. The lowest BCUT2D eigenvalue weighted by atomic mass is 9.98. The fourth-order valence-electron chi connectivity index (χ4n) is 3.51. The van der Waals surface area contributed by atoms with Crippen molar-refractivity contribution in [2.75, 3.05) is 6.54 Å². The minimum absolute atomic E-state index is 0.0418. The van der Waals surface area contributed by atoms with Crippen LogP contribution in [0, 0.1) is 11.3 Å². The van der Waals surface area contributed by atoms with E-state index in [1.165, 1.54) is 0 Å². The van der Waals surface area contributed by atoms with Crippen molar-refractivity contribution in [2.24, 2.45) is 0 Å². The molecule has 1 aromatic carbocycles. The Hall–Kier alpha value is -3.00. The van der Waals surface area contributed by atoms with Crippen LogP contribution in [0.3, 0.4) is 0 Å². The molecule has 0 spiro atoms. The zero-order chi connectivity index (χ0) is 16.5. The second-order valence-corrected chi connectivity index (χ2v) is 6.24. The second-order valence-electron chi connectivity index (χ2n) is 6.24. The summed E-state index contributed by atoms with van der Waals surface area (Å²) in [6.07, 6.45) is 4.64. The van der Waals surface area contributed by atoms with Gasteiger partial charge in [0.2, 0.25) is 0 Å². The van der Waals surface area contributed by atoms with Crippen LogP contribution in [0.1, 0.15) is 47.1 Å². The maximum absolute atomic E-state index is 12.9. The third-order valence-electron chi connectivity index (χ3n) is 4.72. The van der Waals surface area contributed by atoms with Crippen LogP contribution in [0.5, 0.6) is 0 Å². The van der Waals surface area contributed by atoms with E-state index in [0.717, 1.165) is 42.4 Å². The molecule has 0 saturated carbocycles. The molecule has 4 rings (SSSR count). The molecule has 0 radical (unpaired) electrons. The lowest BCUT2D eigenvalue weighted by Gasteiger charge is -2.35. The zero-order valence-corrected chi connectivity index (χ0v) is 13.2. The molecular weight excluding hydrogens is 300 g/mol. The molecule has 5 nitrogen and oxygen atoms in total. The largest absolute Gasteiger partial charge is 0.357 e. The predicted octanol–water partition coefficient (Wildman–Crippen LogP) is 3.74. The smallest absolute Gasteiger partial charge is 0.270 e. The van der Waals surface area contributed by atoms with E-state index in [1.807, 2.05) is 17.0 Å². The van der Waals surface area contributed by atoms with Gasteiger partial charge in [0.15, 0.2) is 0 Å². The molecule has 1 aliphatic heterocycles. The van der Waals surface area contributed by atoms with Gasteiger partial charge in [0.25, 0.3) is 5.91 Å².